The summed E-state index contributed by atoms with van der Waals surface area (Å²) in [6.07, 6.45) is 3.54. The molecular formula is C15H18N4O2. The maximum Gasteiger partial charge on any atom is 0.239 e. The average Bonchev–Trinajstić information content (AvgIpc) is 2.98. The molecule has 2 rings (SSSR count). The van der Waals surface area contributed by atoms with Gasteiger partial charge >= 0.3 is 0 Å². The van der Waals surface area contributed by atoms with Gasteiger partial charge in [-0.3, -0.25) is 14.3 Å². The van der Waals surface area contributed by atoms with E-state index in [0.29, 0.717) is 6.54 Å². The van der Waals surface area contributed by atoms with Crippen LogP contribution in [0.2, 0.25) is 0 Å². The fraction of sp³-hybridized carbons (Fsp3) is 0.267. The van der Waals surface area contributed by atoms with Crippen molar-refractivity contribution >= 4 is 11.8 Å². The zero-order valence-electron chi connectivity index (χ0n) is 11.8. The third kappa shape index (κ3) is 4.76. The van der Waals surface area contributed by atoms with Crippen molar-refractivity contribution in [2.24, 2.45) is 0 Å². The van der Waals surface area contributed by atoms with Crippen molar-refractivity contribution in [1.82, 2.24) is 20.4 Å². The molecule has 1 atom stereocenters. The van der Waals surface area contributed by atoms with Crippen molar-refractivity contribution in [2.45, 2.75) is 19.5 Å². The summed E-state index contributed by atoms with van der Waals surface area (Å²) in [6, 6.07) is 11.3. The molecule has 0 fully saturated rings. The summed E-state index contributed by atoms with van der Waals surface area (Å²) < 4.78 is 1.76. The molecule has 2 aromatic rings. The van der Waals surface area contributed by atoms with Gasteiger partial charge in [-0.05, 0) is 11.6 Å². The molecule has 6 nitrogen and oxygen atoms in total. The van der Waals surface area contributed by atoms with E-state index in [0.717, 1.165) is 5.56 Å². The van der Waals surface area contributed by atoms with Gasteiger partial charge < -0.3 is 10.6 Å². The Balaban J connectivity index is 2.05. The Labute approximate surface area is 123 Å². The summed E-state index contributed by atoms with van der Waals surface area (Å²) in [4.78, 5) is 22.8. The fourth-order valence-electron chi connectivity index (χ4n) is 1.97. The molecule has 1 aromatic heterocycles. The van der Waals surface area contributed by atoms with Gasteiger partial charge in [0.15, 0.2) is 0 Å². The summed E-state index contributed by atoms with van der Waals surface area (Å²) in [5, 5.41) is 9.56. The van der Waals surface area contributed by atoms with Gasteiger partial charge in [0, 0.05) is 19.3 Å². The number of hydrogen-bond acceptors (Lipinski definition) is 3. The van der Waals surface area contributed by atoms with E-state index in [1.807, 2.05) is 42.6 Å². The van der Waals surface area contributed by atoms with Crippen LogP contribution in [-0.2, 0) is 16.1 Å². The Kier molecular flexibility index (Phi) is 5.09. The van der Waals surface area contributed by atoms with Gasteiger partial charge in [-0.2, -0.15) is 5.10 Å². The van der Waals surface area contributed by atoms with E-state index in [-0.39, 0.29) is 24.4 Å². The second kappa shape index (κ2) is 7.23. The van der Waals surface area contributed by atoms with Gasteiger partial charge in [0.05, 0.1) is 19.1 Å². The number of hydrogen-bond donors (Lipinski definition) is 2. The molecule has 2 amide bonds. The largest absolute Gasteiger partial charge is 0.347 e. The molecule has 0 aliphatic rings. The minimum absolute atomic E-state index is 0.0300. The summed E-state index contributed by atoms with van der Waals surface area (Å²) in [7, 11) is 0. The third-order valence-corrected chi connectivity index (χ3v) is 2.96. The van der Waals surface area contributed by atoms with Gasteiger partial charge in [-0.1, -0.05) is 30.3 Å². The minimum atomic E-state index is -0.230. The van der Waals surface area contributed by atoms with Crippen LogP contribution < -0.4 is 10.6 Å². The smallest absolute Gasteiger partial charge is 0.239 e. The molecule has 0 spiro atoms. The number of aromatic nitrogens is 2. The summed E-state index contributed by atoms with van der Waals surface area (Å²) in [6.45, 7) is 1.88. The molecule has 110 valence electrons. The van der Waals surface area contributed by atoms with Crippen LogP contribution in [-0.4, -0.2) is 28.1 Å². The van der Waals surface area contributed by atoms with Gasteiger partial charge in [0.2, 0.25) is 11.8 Å². The highest BCUT2D eigenvalue weighted by atomic mass is 16.2. The van der Waals surface area contributed by atoms with Crippen molar-refractivity contribution in [2.75, 3.05) is 6.54 Å². The van der Waals surface area contributed by atoms with Gasteiger partial charge in [-0.15, -0.1) is 0 Å². The normalized spacial score (nSPS) is 11.7. The van der Waals surface area contributed by atoms with E-state index in [4.69, 9.17) is 0 Å². The van der Waals surface area contributed by atoms with Crippen LogP contribution in [0.4, 0.5) is 0 Å². The first-order valence-electron chi connectivity index (χ1n) is 6.71. The zero-order chi connectivity index (χ0) is 15.1. The van der Waals surface area contributed by atoms with E-state index in [1.165, 1.54) is 6.92 Å². The van der Waals surface area contributed by atoms with Gasteiger partial charge in [-0.25, -0.2) is 0 Å². The highest BCUT2D eigenvalue weighted by Crippen LogP contribution is 2.14. The second-order valence-corrected chi connectivity index (χ2v) is 4.67. The van der Waals surface area contributed by atoms with Gasteiger partial charge in [0.1, 0.15) is 0 Å². The number of amides is 2. The second-order valence-electron chi connectivity index (χ2n) is 4.67. The monoisotopic (exact) mass is 286 g/mol. The highest BCUT2D eigenvalue weighted by Gasteiger charge is 2.15. The first-order valence-corrected chi connectivity index (χ1v) is 6.71. The van der Waals surface area contributed by atoms with Crippen LogP contribution in [0, 0.1) is 0 Å². The first-order chi connectivity index (χ1) is 10.1. The van der Waals surface area contributed by atoms with Crippen molar-refractivity contribution in [3.8, 4) is 0 Å². The van der Waals surface area contributed by atoms with Gasteiger partial charge in [0.25, 0.3) is 0 Å². The first kappa shape index (κ1) is 14.8. The molecular weight excluding hydrogens is 268 g/mol. The van der Waals surface area contributed by atoms with Crippen LogP contribution in [0.1, 0.15) is 18.5 Å². The lowest BCUT2D eigenvalue weighted by molar-refractivity contribution is -0.125. The van der Waals surface area contributed by atoms with E-state index in [2.05, 4.69) is 15.7 Å². The molecule has 0 saturated heterocycles. The summed E-state index contributed by atoms with van der Waals surface area (Å²) in [5.74, 6) is -0.459. The predicted molar refractivity (Wildman–Crippen MR) is 78.2 cm³/mol. The lowest BCUT2D eigenvalue weighted by atomic mass is 10.1. The van der Waals surface area contributed by atoms with Crippen molar-refractivity contribution in [1.29, 1.82) is 0 Å². The minimum Gasteiger partial charge on any atom is -0.347 e. The van der Waals surface area contributed by atoms with Crippen molar-refractivity contribution in [3.05, 3.63) is 54.4 Å². The van der Waals surface area contributed by atoms with E-state index >= 15 is 0 Å². The number of benzene rings is 1. The molecule has 21 heavy (non-hydrogen) atoms. The number of nitrogens with zero attached hydrogens (tertiary/aromatic N) is 2. The molecule has 0 radical (unpaired) electrons. The Hall–Kier alpha value is -2.63. The van der Waals surface area contributed by atoms with Crippen LogP contribution in [0.5, 0.6) is 0 Å². The SMILES string of the molecule is CC(=O)NCC(=O)N[C@H](Cn1cccn1)c1ccccc1. The van der Waals surface area contributed by atoms with E-state index in [1.54, 1.807) is 10.9 Å². The number of rotatable bonds is 6. The van der Waals surface area contributed by atoms with Crippen molar-refractivity contribution in [3.63, 3.8) is 0 Å². The van der Waals surface area contributed by atoms with Crippen molar-refractivity contribution < 1.29 is 9.59 Å². The van der Waals surface area contributed by atoms with Crippen LogP contribution in [0.15, 0.2) is 48.8 Å². The summed E-state index contributed by atoms with van der Waals surface area (Å²) >= 11 is 0. The van der Waals surface area contributed by atoms with E-state index in [9.17, 15) is 9.59 Å². The molecule has 6 heteroatoms. The molecule has 0 saturated carbocycles. The topological polar surface area (TPSA) is 76.0 Å². The summed E-state index contributed by atoms with van der Waals surface area (Å²) in [5.41, 5.74) is 0.990. The molecule has 2 N–H and O–H groups in total. The Bertz CT molecular complexity index is 581. The fourth-order valence-corrected chi connectivity index (χ4v) is 1.97. The molecule has 1 heterocycles. The molecule has 0 unspecified atom stereocenters. The lowest BCUT2D eigenvalue weighted by Crippen LogP contribution is -2.39. The Morgan fingerprint density at radius 1 is 1.24 bits per heavy atom. The highest BCUT2D eigenvalue weighted by molar-refractivity contribution is 5.83. The molecule has 0 aliphatic carbocycles. The maximum atomic E-state index is 11.9. The molecule has 1 aromatic carbocycles. The zero-order valence-corrected chi connectivity index (χ0v) is 11.8. The lowest BCUT2D eigenvalue weighted by Gasteiger charge is -2.19. The Morgan fingerprint density at radius 3 is 2.62 bits per heavy atom. The Morgan fingerprint density at radius 2 is 2.00 bits per heavy atom. The number of carbonyl (C=O) groups is 2. The van der Waals surface area contributed by atoms with Crippen LogP contribution in [0.25, 0.3) is 0 Å². The third-order valence-electron chi connectivity index (χ3n) is 2.96. The molecule has 0 aliphatic heterocycles. The maximum absolute atomic E-state index is 11.9. The average molecular weight is 286 g/mol. The van der Waals surface area contributed by atoms with E-state index < -0.39 is 0 Å². The molecule has 0 bridgehead atoms. The predicted octanol–water partition coefficient (Wildman–Crippen LogP) is 0.877. The quantitative estimate of drug-likeness (QED) is 0.827. The van der Waals surface area contributed by atoms with Crippen LogP contribution >= 0.6 is 0 Å². The number of nitrogens with one attached hydrogen (secondary N) is 2. The standard InChI is InChI=1S/C15H18N4O2/c1-12(20)16-10-15(21)18-14(11-19-9-5-8-17-19)13-6-3-2-4-7-13/h2-9,14H,10-11H2,1H3,(H,16,20)(H,18,21)/t14-/m1/s1. The van der Waals surface area contributed by atoms with Crippen LogP contribution in [0.3, 0.4) is 0 Å². The number of carbonyl (C=O) groups excluding carboxylic acids is 2.